The van der Waals surface area contributed by atoms with Crippen molar-refractivity contribution in [3.8, 4) is 5.75 Å². The summed E-state index contributed by atoms with van der Waals surface area (Å²) in [5.74, 6) is 0.361. The molecule has 0 aliphatic rings. The SMILES string of the molecule is COc1ccccc1NC(=S)NNC(=O)Cc1ccccc1Nc1c(Cl)cccc1Cl. The molecule has 0 aliphatic heterocycles. The van der Waals surface area contributed by atoms with E-state index in [2.05, 4.69) is 21.5 Å². The van der Waals surface area contributed by atoms with Gasteiger partial charge in [0.1, 0.15) is 5.75 Å². The third-order valence-corrected chi connectivity index (χ3v) is 5.10. The van der Waals surface area contributed by atoms with Crippen molar-refractivity contribution in [1.82, 2.24) is 10.9 Å². The van der Waals surface area contributed by atoms with Gasteiger partial charge >= 0.3 is 0 Å². The number of methoxy groups -OCH3 is 1. The molecule has 1 amide bonds. The number of hydrazine groups is 1. The van der Waals surface area contributed by atoms with Crippen LogP contribution in [0.4, 0.5) is 17.1 Å². The molecule has 0 saturated carbocycles. The molecule has 0 radical (unpaired) electrons. The van der Waals surface area contributed by atoms with Crippen molar-refractivity contribution in [3.05, 3.63) is 82.3 Å². The fraction of sp³-hybridized carbons (Fsp3) is 0.0909. The van der Waals surface area contributed by atoms with Gasteiger partial charge in [-0.3, -0.25) is 15.6 Å². The van der Waals surface area contributed by atoms with Gasteiger partial charge in [0.25, 0.3) is 0 Å². The minimum absolute atomic E-state index is 0.107. The molecule has 31 heavy (non-hydrogen) atoms. The van der Waals surface area contributed by atoms with Gasteiger partial charge in [-0.25, -0.2) is 0 Å². The first-order valence-corrected chi connectivity index (χ1v) is 10.4. The summed E-state index contributed by atoms with van der Waals surface area (Å²) >= 11 is 17.7. The Labute approximate surface area is 195 Å². The van der Waals surface area contributed by atoms with Crippen molar-refractivity contribution in [2.75, 3.05) is 17.7 Å². The minimum Gasteiger partial charge on any atom is -0.495 e. The highest BCUT2D eigenvalue weighted by molar-refractivity contribution is 7.80. The molecular formula is C22H20Cl2N4O2S. The summed E-state index contributed by atoms with van der Waals surface area (Å²) in [6, 6.07) is 20.0. The predicted octanol–water partition coefficient (Wildman–Crippen LogP) is 5.31. The molecule has 0 heterocycles. The monoisotopic (exact) mass is 474 g/mol. The van der Waals surface area contributed by atoms with Crippen LogP contribution in [0.25, 0.3) is 0 Å². The number of hydrogen-bond donors (Lipinski definition) is 4. The molecule has 3 aromatic rings. The van der Waals surface area contributed by atoms with Crippen molar-refractivity contribution in [2.45, 2.75) is 6.42 Å². The lowest BCUT2D eigenvalue weighted by atomic mass is 10.1. The summed E-state index contributed by atoms with van der Waals surface area (Å²) < 4.78 is 5.27. The van der Waals surface area contributed by atoms with E-state index >= 15 is 0 Å². The van der Waals surface area contributed by atoms with E-state index in [4.69, 9.17) is 40.2 Å². The van der Waals surface area contributed by atoms with E-state index in [-0.39, 0.29) is 17.4 Å². The summed E-state index contributed by atoms with van der Waals surface area (Å²) in [5.41, 5.74) is 8.04. The van der Waals surface area contributed by atoms with E-state index in [0.29, 0.717) is 27.2 Å². The molecule has 0 bridgehead atoms. The van der Waals surface area contributed by atoms with Crippen molar-refractivity contribution in [3.63, 3.8) is 0 Å². The standard InChI is InChI=1S/C22H20Cl2N4O2S/c1-30-19-12-5-4-11-18(19)26-22(31)28-27-20(29)13-14-7-2-3-10-17(14)25-21-15(23)8-6-9-16(21)24/h2-12,25H,13H2,1H3,(H,27,29)(H2,26,28,31). The number of para-hydroxylation sites is 4. The highest BCUT2D eigenvalue weighted by Gasteiger charge is 2.12. The number of benzene rings is 3. The maximum Gasteiger partial charge on any atom is 0.242 e. The Morgan fingerprint density at radius 3 is 2.26 bits per heavy atom. The lowest BCUT2D eigenvalue weighted by Gasteiger charge is -2.16. The smallest absolute Gasteiger partial charge is 0.242 e. The Balaban J connectivity index is 1.60. The number of thiocarbonyl (C=S) groups is 1. The molecule has 0 aromatic heterocycles. The second kappa shape index (κ2) is 10.9. The second-order valence-corrected chi connectivity index (χ2v) is 7.61. The Morgan fingerprint density at radius 1 is 0.903 bits per heavy atom. The summed E-state index contributed by atoms with van der Waals surface area (Å²) in [4.78, 5) is 12.5. The zero-order valence-corrected chi connectivity index (χ0v) is 18.9. The van der Waals surface area contributed by atoms with E-state index < -0.39 is 0 Å². The van der Waals surface area contributed by atoms with Gasteiger partial charge < -0.3 is 15.4 Å². The molecular weight excluding hydrogens is 455 g/mol. The van der Waals surface area contributed by atoms with Crippen LogP contribution in [0.3, 0.4) is 0 Å². The number of ether oxygens (including phenoxy) is 1. The average molecular weight is 475 g/mol. The van der Waals surface area contributed by atoms with E-state index in [1.807, 2.05) is 42.5 Å². The van der Waals surface area contributed by atoms with Gasteiger partial charge in [-0.2, -0.15) is 0 Å². The van der Waals surface area contributed by atoms with E-state index in [0.717, 1.165) is 11.3 Å². The Hall–Kier alpha value is -3.00. The molecule has 3 aromatic carbocycles. The highest BCUT2D eigenvalue weighted by atomic mass is 35.5. The Morgan fingerprint density at radius 2 is 1.55 bits per heavy atom. The normalized spacial score (nSPS) is 10.2. The minimum atomic E-state index is -0.274. The summed E-state index contributed by atoms with van der Waals surface area (Å²) in [7, 11) is 1.57. The number of carbonyl (C=O) groups is 1. The highest BCUT2D eigenvalue weighted by Crippen LogP contribution is 2.33. The van der Waals surface area contributed by atoms with Crippen LogP contribution < -0.4 is 26.2 Å². The second-order valence-electron chi connectivity index (χ2n) is 6.38. The maximum atomic E-state index is 12.5. The number of carbonyl (C=O) groups excluding carboxylic acids is 1. The van der Waals surface area contributed by atoms with Gasteiger partial charge in [0.05, 0.1) is 35.0 Å². The molecule has 0 spiro atoms. The molecule has 0 fully saturated rings. The third kappa shape index (κ3) is 6.24. The van der Waals surface area contributed by atoms with Crippen LogP contribution >= 0.6 is 35.4 Å². The topological polar surface area (TPSA) is 74.4 Å². The molecule has 0 atom stereocenters. The molecule has 160 valence electrons. The van der Waals surface area contributed by atoms with Gasteiger partial charge in [-0.1, -0.05) is 59.6 Å². The Bertz CT molecular complexity index is 1070. The van der Waals surface area contributed by atoms with E-state index in [9.17, 15) is 4.79 Å². The van der Waals surface area contributed by atoms with Crippen molar-refractivity contribution < 1.29 is 9.53 Å². The fourth-order valence-electron chi connectivity index (χ4n) is 2.79. The molecule has 9 heteroatoms. The van der Waals surface area contributed by atoms with Crippen molar-refractivity contribution in [2.24, 2.45) is 0 Å². The van der Waals surface area contributed by atoms with Crippen LogP contribution in [0.1, 0.15) is 5.56 Å². The van der Waals surface area contributed by atoms with Gasteiger partial charge in [0, 0.05) is 5.69 Å². The quantitative estimate of drug-likeness (QED) is 0.286. The van der Waals surface area contributed by atoms with E-state index in [1.165, 1.54) is 0 Å². The van der Waals surface area contributed by atoms with Crippen LogP contribution in [0, 0.1) is 0 Å². The third-order valence-electron chi connectivity index (χ3n) is 4.26. The van der Waals surface area contributed by atoms with Gasteiger partial charge in [-0.05, 0) is 48.1 Å². The number of hydrogen-bond acceptors (Lipinski definition) is 4. The Kier molecular flexibility index (Phi) is 7.94. The number of amides is 1. The predicted molar refractivity (Wildman–Crippen MR) is 130 cm³/mol. The zero-order chi connectivity index (χ0) is 22.2. The van der Waals surface area contributed by atoms with E-state index in [1.54, 1.807) is 31.4 Å². The molecule has 0 aliphatic carbocycles. The van der Waals surface area contributed by atoms with Crippen LogP contribution in [0.15, 0.2) is 66.7 Å². The summed E-state index contributed by atoms with van der Waals surface area (Å²) in [6.07, 6.45) is 0.107. The van der Waals surface area contributed by atoms with Crippen LogP contribution in [-0.4, -0.2) is 18.1 Å². The lowest BCUT2D eigenvalue weighted by molar-refractivity contribution is -0.120. The van der Waals surface area contributed by atoms with Gasteiger partial charge in [-0.15, -0.1) is 0 Å². The van der Waals surface area contributed by atoms with Crippen LogP contribution in [0.5, 0.6) is 5.75 Å². The zero-order valence-electron chi connectivity index (χ0n) is 16.5. The van der Waals surface area contributed by atoms with Crippen molar-refractivity contribution in [1.29, 1.82) is 0 Å². The number of anilines is 3. The largest absolute Gasteiger partial charge is 0.495 e. The summed E-state index contributed by atoms with van der Waals surface area (Å²) in [6.45, 7) is 0. The number of nitrogens with one attached hydrogen (secondary N) is 4. The molecule has 3 rings (SSSR count). The van der Waals surface area contributed by atoms with Crippen molar-refractivity contribution >= 4 is 63.5 Å². The average Bonchev–Trinajstić information content (AvgIpc) is 2.76. The van der Waals surface area contributed by atoms with Gasteiger partial charge in [0.15, 0.2) is 5.11 Å². The van der Waals surface area contributed by atoms with Crippen LogP contribution in [0.2, 0.25) is 10.0 Å². The fourth-order valence-corrected chi connectivity index (χ4v) is 3.45. The first-order valence-electron chi connectivity index (χ1n) is 9.25. The number of halogens is 2. The first kappa shape index (κ1) is 22.7. The lowest BCUT2D eigenvalue weighted by Crippen LogP contribution is -2.44. The first-order chi connectivity index (χ1) is 15.0. The molecule has 6 nitrogen and oxygen atoms in total. The molecule has 0 unspecified atom stereocenters. The molecule has 4 N–H and O–H groups in total. The maximum absolute atomic E-state index is 12.5. The number of rotatable bonds is 6. The summed E-state index contributed by atoms with van der Waals surface area (Å²) in [5, 5.41) is 7.39. The van der Waals surface area contributed by atoms with Crippen LogP contribution in [-0.2, 0) is 11.2 Å². The van der Waals surface area contributed by atoms with Gasteiger partial charge in [0.2, 0.25) is 5.91 Å². The molecule has 0 saturated heterocycles.